The molecule has 1 aliphatic rings. The third-order valence-electron chi connectivity index (χ3n) is 3.97. The summed E-state index contributed by atoms with van der Waals surface area (Å²) in [6.07, 6.45) is 15.3. The van der Waals surface area contributed by atoms with Crippen LogP contribution in [-0.2, 0) is 4.79 Å². The number of rotatable bonds is 5. The Bertz CT molecular complexity index is 829. The number of nitrogens with zero attached hydrogens (tertiary/aromatic N) is 2. The molecule has 4 nitrogen and oxygen atoms in total. The number of carboxylic acid groups (broad SMARTS) is 1. The van der Waals surface area contributed by atoms with Crippen LogP contribution in [0.2, 0.25) is 5.15 Å². The SMILES string of the molecule is C=C1/C=C\C=C/C/C(CC)=C\C=C1n1c(Cl)cnc1SC(C)(C)C(=O)O. The number of hydrogen-bond donors (Lipinski definition) is 1. The van der Waals surface area contributed by atoms with E-state index in [0.717, 1.165) is 35.9 Å². The van der Waals surface area contributed by atoms with Crippen LogP contribution in [0.25, 0.3) is 5.70 Å². The van der Waals surface area contributed by atoms with E-state index in [-0.39, 0.29) is 0 Å². The number of hydrogen-bond acceptors (Lipinski definition) is 3. The van der Waals surface area contributed by atoms with E-state index < -0.39 is 10.7 Å². The first-order valence-corrected chi connectivity index (χ1v) is 9.54. The van der Waals surface area contributed by atoms with Crippen LogP contribution in [0.4, 0.5) is 0 Å². The van der Waals surface area contributed by atoms with Gasteiger partial charge < -0.3 is 5.11 Å². The first-order valence-electron chi connectivity index (χ1n) is 8.34. The zero-order chi connectivity index (χ0) is 19.3. The maximum Gasteiger partial charge on any atom is 0.319 e. The predicted molar refractivity (Wildman–Crippen MR) is 109 cm³/mol. The van der Waals surface area contributed by atoms with E-state index in [9.17, 15) is 9.90 Å². The molecule has 0 bridgehead atoms. The molecule has 1 aromatic heterocycles. The largest absolute Gasteiger partial charge is 0.480 e. The number of aliphatic carboxylic acids is 1. The minimum Gasteiger partial charge on any atom is -0.480 e. The minimum absolute atomic E-state index is 0.411. The van der Waals surface area contributed by atoms with Crippen LogP contribution in [-0.4, -0.2) is 25.4 Å². The predicted octanol–water partition coefficient (Wildman–Crippen LogP) is 5.74. The fourth-order valence-electron chi connectivity index (χ4n) is 2.28. The second kappa shape index (κ2) is 8.60. The Hall–Kier alpha value is -1.98. The Labute approximate surface area is 163 Å². The first-order chi connectivity index (χ1) is 12.3. The van der Waals surface area contributed by atoms with Crippen LogP contribution in [0.1, 0.15) is 33.6 Å². The first kappa shape index (κ1) is 20.3. The number of carbonyl (C=O) groups is 1. The fraction of sp³-hybridized carbons (Fsp3) is 0.300. The molecule has 0 saturated carbocycles. The maximum absolute atomic E-state index is 11.5. The third kappa shape index (κ3) is 4.80. The number of carboxylic acids is 1. The number of allylic oxidation sites excluding steroid dienone is 9. The molecule has 0 aromatic carbocycles. The molecular formula is C20H23ClN2O2S. The smallest absolute Gasteiger partial charge is 0.319 e. The Kier molecular flexibility index (Phi) is 6.73. The van der Waals surface area contributed by atoms with Crippen molar-refractivity contribution in [1.29, 1.82) is 0 Å². The van der Waals surface area contributed by atoms with Gasteiger partial charge in [-0.1, -0.05) is 72.8 Å². The third-order valence-corrected chi connectivity index (χ3v) is 5.40. The molecular weight excluding hydrogens is 368 g/mol. The van der Waals surface area contributed by atoms with Crippen LogP contribution in [0.3, 0.4) is 0 Å². The van der Waals surface area contributed by atoms with E-state index in [0.29, 0.717) is 10.3 Å². The molecule has 1 aromatic rings. The molecule has 1 N–H and O–H groups in total. The van der Waals surface area contributed by atoms with Gasteiger partial charge >= 0.3 is 5.97 Å². The van der Waals surface area contributed by atoms with Crippen LogP contribution in [0.15, 0.2) is 65.5 Å². The Balaban J connectivity index is 2.55. The summed E-state index contributed by atoms with van der Waals surface area (Å²) in [7, 11) is 0. The molecule has 26 heavy (non-hydrogen) atoms. The lowest BCUT2D eigenvalue weighted by atomic mass is 10.1. The molecule has 0 fully saturated rings. The van der Waals surface area contributed by atoms with Crippen molar-refractivity contribution in [2.45, 2.75) is 43.5 Å². The van der Waals surface area contributed by atoms with Crippen molar-refractivity contribution >= 4 is 35.0 Å². The van der Waals surface area contributed by atoms with Gasteiger partial charge in [0.15, 0.2) is 5.16 Å². The van der Waals surface area contributed by atoms with E-state index >= 15 is 0 Å². The highest BCUT2D eigenvalue weighted by atomic mass is 35.5. The average Bonchev–Trinajstić information content (AvgIpc) is 2.93. The molecule has 0 amide bonds. The van der Waals surface area contributed by atoms with Gasteiger partial charge in [-0.3, -0.25) is 9.36 Å². The van der Waals surface area contributed by atoms with Crippen molar-refractivity contribution in [2.24, 2.45) is 0 Å². The van der Waals surface area contributed by atoms with Gasteiger partial charge in [0.05, 0.1) is 11.9 Å². The zero-order valence-electron chi connectivity index (χ0n) is 15.2. The lowest BCUT2D eigenvalue weighted by molar-refractivity contribution is -0.138. The van der Waals surface area contributed by atoms with Crippen molar-refractivity contribution in [2.75, 3.05) is 0 Å². The van der Waals surface area contributed by atoms with Gasteiger partial charge in [-0.05, 0) is 38.3 Å². The van der Waals surface area contributed by atoms with Gasteiger partial charge in [-0.2, -0.15) is 0 Å². The topological polar surface area (TPSA) is 55.1 Å². The second-order valence-corrected chi connectivity index (χ2v) is 8.34. The zero-order valence-corrected chi connectivity index (χ0v) is 16.8. The van der Waals surface area contributed by atoms with Crippen molar-refractivity contribution in [3.63, 3.8) is 0 Å². The van der Waals surface area contributed by atoms with E-state index in [4.69, 9.17) is 11.6 Å². The summed E-state index contributed by atoms with van der Waals surface area (Å²) >= 11 is 7.54. The number of halogens is 1. The molecule has 2 rings (SSSR count). The summed E-state index contributed by atoms with van der Waals surface area (Å²) in [5.74, 6) is -0.912. The molecule has 0 radical (unpaired) electrons. The summed E-state index contributed by atoms with van der Waals surface area (Å²) in [5, 5.41) is 10.4. The number of imidazole rings is 1. The van der Waals surface area contributed by atoms with E-state index in [1.165, 1.54) is 11.8 Å². The summed E-state index contributed by atoms with van der Waals surface area (Å²) in [4.78, 5) is 15.8. The van der Waals surface area contributed by atoms with Crippen LogP contribution in [0.5, 0.6) is 0 Å². The highest BCUT2D eigenvalue weighted by Crippen LogP contribution is 2.36. The maximum atomic E-state index is 11.5. The Morgan fingerprint density at radius 3 is 2.81 bits per heavy atom. The van der Waals surface area contributed by atoms with Gasteiger partial charge in [0, 0.05) is 0 Å². The quantitative estimate of drug-likeness (QED) is 0.651. The molecule has 0 unspecified atom stereocenters. The fourth-order valence-corrected chi connectivity index (χ4v) is 3.49. The Morgan fingerprint density at radius 2 is 2.15 bits per heavy atom. The van der Waals surface area contributed by atoms with Crippen LogP contribution in [0, 0.1) is 0 Å². The van der Waals surface area contributed by atoms with Crippen molar-refractivity contribution in [3.8, 4) is 0 Å². The van der Waals surface area contributed by atoms with Crippen molar-refractivity contribution in [1.82, 2.24) is 9.55 Å². The summed E-state index contributed by atoms with van der Waals surface area (Å²) in [6, 6.07) is 0. The number of aromatic nitrogens is 2. The van der Waals surface area contributed by atoms with Gasteiger partial charge in [-0.15, -0.1) is 0 Å². The van der Waals surface area contributed by atoms with Crippen LogP contribution >= 0.6 is 23.4 Å². The van der Waals surface area contributed by atoms with Crippen LogP contribution < -0.4 is 0 Å². The van der Waals surface area contributed by atoms with Gasteiger partial charge in [0.25, 0.3) is 0 Å². The average molecular weight is 391 g/mol. The van der Waals surface area contributed by atoms with E-state index in [1.54, 1.807) is 18.4 Å². The normalized spacial score (nSPS) is 20.1. The highest BCUT2D eigenvalue weighted by molar-refractivity contribution is 8.01. The van der Waals surface area contributed by atoms with Gasteiger partial charge in [0.1, 0.15) is 9.90 Å². The van der Waals surface area contributed by atoms with Crippen molar-refractivity contribution < 1.29 is 9.90 Å². The summed E-state index contributed by atoms with van der Waals surface area (Å²) in [6.45, 7) is 9.54. The molecule has 0 spiro atoms. The molecule has 0 aliphatic heterocycles. The van der Waals surface area contributed by atoms with Gasteiger partial charge in [-0.25, -0.2) is 4.98 Å². The molecule has 138 valence electrons. The van der Waals surface area contributed by atoms with Crippen molar-refractivity contribution in [3.05, 3.63) is 65.5 Å². The molecule has 1 aliphatic carbocycles. The molecule has 6 heteroatoms. The van der Waals surface area contributed by atoms with E-state index in [2.05, 4.69) is 30.6 Å². The number of thioether (sulfide) groups is 1. The van der Waals surface area contributed by atoms with Gasteiger partial charge in [0.2, 0.25) is 0 Å². The highest BCUT2D eigenvalue weighted by Gasteiger charge is 2.31. The monoisotopic (exact) mass is 390 g/mol. The standard InChI is InChI=1S/C20H23ClN2O2S/c1-5-15-10-8-6-7-9-14(2)16(12-11-15)23-17(21)13-22-19(23)26-20(3,4)18(24)25/h6-9,11-13H,2,5,10H2,1,3-4H3,(H,24,25)/b8-6-,9-7-,15-11-,16-12?. The minimum atomic E-state index is -1.03. The lowest BCUT2D eigenvalue weighted by Gasteiger charge is -2.20. The molecule has 1 heterocycles. The summed E-state index contributed by atoms with van der Waals surface area (Å²) in [5.41, 5.74) is 2.81. The lowest BCUT2D eigenvalue weighted by Crippen LogP contribution is -2.27. The Morgan fingerprint density at radius 1 is 1.42 bits per heavy atom. The molecule has 0 saturated heterocycles. The summed E-state index contributed by atoms with van der Waals surface area (Å²) < 4.78 is 0.714. The van der Waals surface area contributed by atoms with E-state index in [1.807, 2.05) is 24.3 Å². The second-order valence-electron chi connectivity index (χ2n) is 6.36. The molecule has 0 atom stereocenters.